The Labute approximate surface area is 175 Å². The van der Waals surface area contributed by atoms with Crippen molar-refractivity contribution < 1.29 is 9.53 Å². The minimum Gasteiger partial charge on any atom is -0.494 e. The Morgan fingerprint density at radius 3 is 2.30 bits per heavy atom. The summed E-state index contributed by atoms with van der Waals surface area (Å²) in [7, 11) is 1.45. The smallest absolute Gasteiger partial charge is 0.278 e. The maximum absolute atomic E-state index is 13.2. The zero-order valence-corrected chi connectivity index (χ0v) is 17.0. The molecule has 0 atom stereocenters. The van der Waals surface area contributed by atoms with Crippen LogP contribution in [0.3, 0.4) is 0 Å². The van der Waals surface area contributed by atoms with Crippen molar-refractivity contribution >= 4 is 5.91 Å². The molecule has 154 valence electrons. The van der Waals surface area contributed by atoms with Crippen molar-refractivity contribution in [2.75, 3.05) is 20.2 Å². The Balaban J connectivity index is 1.51. The van der Waals surface area contributed by atoms with Gasteiger partial charge >= 0.3 is 0 Å². The van der Waals surface area contributed by atoms with Crippen molar-refractivity contribution in [3.05, 3.63) is 88.3 Å². The van der Waals surface area contributed by atoms with E-state index in [0.717, 1.165) is 19.3 Å². The van der Waals surface area contributed by atoms with Crippen LogP contribution in [-0.2, 0) is 6.42 Å². The number of ether oxygens (including phenoxy) is 1. The Bertz CT molecular complexity index is 1060. The summed E-state index contributed by atoms with van der Waals surface area (Å²) in [4.78, 5) is 27.5. The highest BCUT2D eigenvalue weighted by molar-refractivity contribution is 5.94. The van der Waals surface area contributed by atoms with Crippen LogP contribution < -0.4 is 10.3 Å². The van der Waals surface area contributed by atoms with Crippen LogP contribution in [0.1, 0.15) is 28.9 Å². The minimum atomic E-state index is -0.337. The molecular formula is C24H25N3O3. The molecule has 30 heavy (non-hydrogen) atoms. The van der Waals surface area contributed by atoms with Gasteiger partial charge < -0.3 is 9.64 Å². The third-order valence-electron chi connectivity index (χ3n) is 5.59. The second kappa shape index (κ2) is 8.95. The van der Waals surface area contributed by atoms with Gasteiger partial charge in [0.05, 0.1) is 18.9 Å². The van der Waals surface area contributed by atoms with Gasteiger partial charge in [-0.1, -0.05) is 48.5 Å². The second-order valence-electron chi connectivity index (χ2n) is 7.57. The first-order valence-corrected chi connectivity index (χ1v) is 10.2. The molecule has 0 spiro atoms. The number of rotatable bonds is 5. The fourth-order valence-corrected chi connectivity index (χ4v) is 3.94. The number of amides is 1. The fraction of sp³-hybridized carbons (Fsp3) is 0.292. The van der Waals surface area contributed by atoms with E-state index >= 15 is 0 Å². The number of benzene rings is 2. The topological polar surface area (TPSA) is 64.4 Å². The predicted octanol–water partition coefficient (Wildman–Crippen LogP) is 3.34. The molecule has 0 bridgehead atoms. The number of hydrogen-bond donors (Lipinski definition) is 0. The predicted molar refractivity (Wildman–Crippen MR) is 115 cm³/mol. The van der Waals surface area contributed by atoms with E-state index in [9.17, 15) is 9.59 Å². The molecule has 6 heteroatoms. The van der Waals surface area contributed by atoms with E-state index in [-0.39, 0.29) is 22.9 Å². The van der Waals surface area contributed by atoms with E-state index in [0.29, 0.717) is 24.7 Å². The number of hydrogen-bond acceptors (Lipinski definition) is 4. The molecule has 1 amide bonds. The van der Waals surface area contributed by atoms with E-state index in [2.05, 4.69) is 29.4 Å². The summed E-state index contributed by atoms with van der Waals surface area (Å²) in [5.74, 6) is 0.572. The first-order valence-electron chi connectivity index (χ1n) is 10.2. The molecule has 0 N–H and O–H groups in total. The summed E-state index contributed by atoms with van der Waals surface area (Å²) in [5, 5.41) is 4.36. The van der Waals surface area contributed by atoms with E-state index in [4.69, 9.17) is 4.74 Å². The summed E-state index contributed by atoms with van der Waals surface area (Å²) >= 11 is 0. The van der Waals surface area contributed by atoms with Gasteiger partial charge in [0.25, 0.3) is 11.5 Å². The number of nitrogens with zero attached hydrogens (tertiary/aromatic N) is 3. The lowest BCUT2D eigenvalue weighted by Crippen LogP contribution is -2.40. The molecule has 1 aliphatic heterocycles. The van der Waals surface area contributed by atoms with Crippen LogP contribution in [0.4, 0.5) is 0 Å². The van der Waals surface area contributed by atoms with Crippen molar-refractivity contribution in [1.29, 1.82) is 0 Å². The quantitative estimate of drug-likeness (QED) is 0.656. The second-order valence-corrected chi connectivity index (χ2v) is 7.57. The van der Waals surface area contributed by atoms with E-state index in [1.807, 2.05) is 29.2 Å². The number of para-hydroxylation sites is 1. The molecule has 1 saturated heterocycles. The van der Waals surface area contributed by atoms with Crippen molar-refractivity contribution in [2.24, 2.45) is 5.92 Å². The van der Waals surface area contributed by atoms with E-state index < -0.39 is 0 Å². The number of aromatic nitrogens is 2. The fourth-order valence-electron chi connectivity index (χ4n) is 3.94. The maximum atomic E-state index is 13.2. The average Bonchev–Trinajstić information content (AvgIpc) is 2.80. The summed E-state index contributed by atoms with van der Waals surface area (Å²) < 4.78 is 6.55. The van der Waals surface area contributed by atoms with Crippen molar-refractivity contribution in [3.63, 3.8) is 0 Å². The number of methoxy groups -OCH3 is 1. The van der Waals surface area contributed by atoms with E-state index in [1.54, 1.807) is 12.1 Å². The maximum Gasteiger partial charge on any atom is 0.278 e. The molecule has 1 aromatic heterocycles. The molecule has 0 saturated carbocycles. The highest BCUT2D eigenvalue weighted by Gasteiger charge is 2.27. The van der Waals surface area contributed by atoms with Crippen molar-refractivity contribution in [1.82, 2.24) is 14.7 Å². The lowest BCUT2D eigenvalue weighted by Gasteiger charge is -2.32. The van der Waals surface area contributed by atoms with Crippen LogP contribution >= 0.6 is 0 Å². The molecule has 2 aromatic carbocycles. The summed E-state index contributed by atoms with van der Waals surface area (Å²) in [6.45, 7) is 1.34. The normalized spacial score (nSPS) is 14.5. The molecule has 1 fully saturated rings. The molecular weight excluding hydrogens is 378 g/mol. The van der Waals surface area contributed by atoms with Gasteiger partial charge in [-0.3, -0.25) is 9.59 Å². The van der Waals surface area contributed by atoms with E-state index in [1.165, 1.54) is 23.4 Å². The first-order chi connectivity index (χ1) is 14.7. The monoisotopic (exact) mass is 403 g/mol. The van der Waals surface area contributed by atoms with Crippen LogP contribution in [0.25, 0.3) is 5.69 Å². The molecule has 0 aliphatic carbocycles. The van der Waals surface area contributed by atoms with Crippen LogP contribution in [0, 0.1) is 5.92 Å². The third kappa shape index (κ3) is 4.27. The van der Waals surface area contributed by atoms with Gasteiger partial charge in [0.15, 0.2) is 11.4 Å². The highest BCUT2D eigenvalue weighted by Crippen LogP contribution is 2.24. The van der Waals surface area contributed by atoms with Gasteiger partial charge in [0.1, 0.15) is 0 Å². The van der Waals surface area contributed by atoms with Crippen LogP contribution in [-0.4, -0.2) is 40.8 Å². The molecule has 0 radical (unpaired) electrons. The zero-order valence-electron chi connectivity index (χ0n) is 17.0. The molecule has 1 aliphatic rings. The lowest BCUT2D eigenvalue weighted by atomic mass is 9.90. The Hall–Kier alpha value is -3.41. The number of likely N-dealkylation sites (tertiary alicyclic amines) is 1. The average molecular weight is 403 g/mol. The van der Waals surface area contributed by atoms with Gasteiger partial charge in [-0.25, -0.2) is 0 Å². The zero-order chi connectivity index (χ0) is 20.9. The van der Waals surface area contributed by atoms with Crippen molar-refractivity contribution in [3.8, 4) is 11.4 Å². The summed E-state index contributed by atoms with van der Waals surface area (Å²) in [6.07, 6.45) is 2.92. The first kappa shape index (κ1) is 19.9. The largest absolute Gasteiger partial charge is 0.494 e. The molecule has 6 nitrogen and oxygen atoms in total. The standard InChI is InChI=1S/C24H25N3O3/c1-30-21-17-22(28)27(20-10-6-3-7-11-20)25-23(21)24(29)26-14-12-19(13-15-26)16-18-8-4-2-5-9-18/h2-11,17,19H,12-16H2,1H3. The Kier molecular flexibility index (Phi) is 5.93. The highest BCUT2D eigenvalue weighted by atomic mass is 16.5. The molecule has 0 unspecified atom stereocenters. The molecule has 2 heterocycles. The minimum absolute atomic E-state index is 0.169. The molecule has 4 rings (SSSR count). The van der Waals surface area contributed by atoms with Gasteiger partial charge in [0.2, 0.25) is 0 Å². The Morgan fingerprint density at radius 2 is 1.67 bits per heavy atom. The van der Waals surface area contributed by atoms with Crippen LogP contribution in [0.15, 0.2) is 71.5 Å². The third-order valence-corrected chi connectivity index (χ3v) is 5.59. The molecule has 3 aromatic rings. The Morgan fingerprint density at radius 1 is 1.03 bits per heavy atom. The number of piperidine rings is 1. The summed E-state index contributed by atoms with van der Waals surface area (Å²) in [5.41, 5.74) is 1.78. The summed E-state index contributed by atoms with van der Waals surface area (Å²) in [6, 6.07) is 20.9. The van der Waals surface area contributed by atoms with Crippen LogP contribution in [0.2, 0.25) is 0 Å². The van der Waals surface area contributed by atoms with Gasteiger partial charge in [0, 0.05) is 13.1 Å². The van der Waals surface area contributed by atoms with Crippen LogP contribution in [0.5, 0.6) is 5.75 Å². The van der Waals surface area contributed by atoms with Crippen molar-refractivity contribution in [2.45, 2.75) is 19.3 Å². The number of carbonyl (C=O) groups excluding carboxylic acids is 1. The SMILES string of the molecule is COc1cc(=O)n(-c2ccccc2)nc1C(=O)N1CCC(Cc2ccccc2)CC1. The number of carbonyl (C=O) groups is 1. The van der Waals surface area contributed by atoms with Gasteiger partial charge in [-0.05, 0) is 42.9 Å². The lowest BCUT2D eigenvalue weighted by molar-refractivity contribution is 0.0678. The van der Waals surface area contributed by atoms with Gasteiger partial charge in [-0.2, -0.15) is 9.78 Å². The van der Waals surface area contributed by atoms with Gasteiger partial charge in [-0.15, -0.1) is 0 Å².